The van der Waals surface area contributed by atoms with Crippen LogP contribution in [0.4, 0.5) is 11.4 Å². The van der Waals surface area contributed by atoms with E-state index in [0.29, 0.717) is 24.4 Å². The van der Waals surface area contributed by atoms with Gasteiger partial charge in [0.1, 0.15) is 16.4 Å². The fraction of sp³-hybridized carbons (Fsp3) is 0.316. The van der Waals surface area contributed by atoms with Crippen LogP contribution in [0.2, 0.25) is 0 Å². The number of carbonyl (C=O) groups is 1. The average molecular weight is 390 g/mol. The third-order valence-electron chi connectivity index (χ3n) is 4.41. The van der Waals surface area contributed by atoms with Crippen molar-refractivity contribution in [3.63, 3.8) is 0 Å². The van der Waals surface area contributed by atoms with Gasteiger partial charge >= 0.3 is 0 Å². The molecule has 8 heteroatoms. The Morgan fingerprint density at radius 1 is 1.00 bits per heavy atom. The molecule has 7 nitrogen and oxygen atoms in total. The lowest BCUT2D eigenvalue weighted by atomic mass is 10.1. The molecule has 0 bridgehead atoms. The van der Waals surface area contributed by atoms with Gasteiger partial charge in [-0.3, -0.25) is 9.52 Å². The molecule has 3 rings (SSSR count). The van der Waals surface area contributed by atoms with Crippen molar-refractivity contribution in [1.29, 1.82) is 0 Å². The maximum Gasteiger partial charge on any atom is 0.265 e. The molecule has 1 fully saturated rings. The summed E-state index contributed by atoms with van der Waals surface area (Å²) >= 11 is 0. The van der Waals surface area contributed by atoms with E-state index < -0.39 is 10.0 Å². The molecule has 0 aliphatic carbocycles. The van der Waals surface area contributed by atoms with E-state index in [1.54, 1.807) is 35.2 Å². The summed E-state index contributed by atoms with van der Waals surface area (Å²) in [6.45, 7) is 0.687. The van der Waals surface area contributed by atoms with Crippen molar-refractivity contribution < 1.29 is 22.7 Å². The van der Waals surface area contributed by atoms with Crippen molar-refractivity contribution in [2.75, 3.05) is 30.4 Å². The highest BCUT2D eigenvalue weighted by Gasteiger charge is 2.22. The summed E-state index contributed by atoms with van der Waals surface area (Å²) in [6.07, 6.45) is 2.43. The molecule has 0 spiro atoms. The molecule has 1 saturated heterocycles. The summed E-state index contributed by atoms with van der Waals surface area (Å²) < 4.78 is 38.3. The minimum Gasteiger partial charge on any atom is -0.497 e. The molecule has 2 aromatic carbocycles. The van der Waals surface area contributed by atoms with Crippen molar-refractivity contribution in [3.05, 3.63) is 42.5 Å². The number of hydrogen-bond donors (Lipinski definition) is 1. The molecule has 0 atom stereocenters. The van der Waals surface area contributed by atoms with Crippen molar-refractivity contribution >= 4 is 27.3 Å². The Morgan fingerprint density at radius 2 is 1.74 bits per heavy atom. The number of carbonyl (C=O) groups excluding carboxylic acids is 1. The first kappa shape index (κ1) is 19.0. The molecule has 1 amide bonds. The van der Waals surface area contributed by atoms with Crippen LogP contribution >= 0.6 is 0 Å². The summed E-state index contributed by atoms with van der Waals surface area (Å²) in [5, 5.41) is 0. The fourth-order valence-electron chi connectivity index (χ4n) is 3.00. The second-order valence-electron chi connectivity index (χ2n) is 6.17. The zero-order valence-electron chi connectivity index (χ0n) is 15.3. The van der Waals surface area contributed by atoms with Crippen LogP contribution in [0.5, 0.6) is 11.5 Å². The Labute approximate surface area is 158 Å². The highest BCUT2D eigenvalue weighted by molar-refractivity contribution is 7.92. The predicted octanol–water partition coefficient (Wildman–Crippen LogP) is 3.02. The zero-order chi connectivity index (χ0) is 19.4. The lowest BCUT2D eigenvalue weighted by Gasteiger charge is -2.26. The normalized spacial score (nSPS) is 14.7. The van der Waals surface area contributed by atoms with E-state index in [2.05, 4.69) is 4.72 Å². The Hall–Kier alpha value is -2.74. The molecule has 0 unspecified atom stereocenters. The highest BCUT2D eigenvalue weighted by atomic mass is 32.2. The van der Waals surface area contributed by atoms with Crippen LogP contribution in [-0.2, 0) is 14.8 Å². The summed E-state index contributed by atoms with van der Waals surface area (Å²) in [6, 6.07) is 11.3. The first-order valence-electron chi connectivity index (χ1n) is 8.60. The number of methoxy groups -OCH3 is 2. The number of amides is 1. The second kappa shape index (κ2) is 7.87. The predicted molar refractivity (Wildman–Crippen MR) is 103 cm³/mol. The minimum absolute atomic E-state index is 0.0149. The molecule has 0 radical (unpaired) electrons. The number of nitrogens with one attached hydrogen (secondary N) is 1. The molecule has 1 heterocycles. The molecular formula is C19H22N2O5S. The standard InChI is InChI=1S/C19H22N2O5S/c1-25-16-10-11-18(17(13-16)26-2)27(23,24)20-14-6-8-15(9-7-14)21-12-4-3-5-19(21)22/h6-11,13,20H,3-5,12H2,1-2H3. The molecule has 1 aliphatic heterocycles. The molecular weight excluding hydrogens is 368 g/mol. The molecule has 27 heavy (non-hydrogen) atoms. The van der Waals surface area contributed by atoms with E-state index in [1.165, 1.54) is 26.4 Å². The van der Waals surface area contributed by atoms with Gasteiger partial charge in [-0.25, -0.2) is 8.42 Å². The zero-order valence-corrected chi connectivity index (χ0v) is 16.1. The molecule has 1 aliphatic rings. The SMILES string of the molecule is COc1ccc(S(=O)(=O)Nc2ccc(N3CCCCC3=O)cc2)c(OC)c1. The number of sulfonamides is 1. The van der Waals surface area contributed by atoms with E-state index >= 15 is 0 Å². The van der Waals surface area contributed by atoms with Gasteiger partial charge < -0.3 is 14.4 Å². The van der Waals surface area contributed by atoms with Gasteiger partial charge in [-0.2, -0.15) is 0 Å². The maximum atomic E-state index is 12.7. The molecule has 1 N–H and O–H groups in total. The number of ether oxygens (including phenoxy) is 2. The average Bonchev–Trinajstić information content (AvgIpc) is 2.68. The van der Waals surface area contributed by atoms with Crippen LogP contribution in [0, 0.1) is 0 Å². The molecule has 0 saturated carbocycles. The number of hydrogen-bond acceptors (Lipinski definition) is 5. The van der Waals surface area contributed by atoms with Gasteiger partial charge in [-0.05, 0) is 49.2 Å². The Morgan fingerprint density at radius 3 is 2.37 bits per heavy atom. The van der Waals surface area contributed by atoms with Crippen molar-refractivity contribution in [2.24, 2.45) is 0 Å². The molecule has 0 aromatic heterocycles. The van der Waals surface area contributed by atoms with Gasteiger partial charge in [-0.1, -0.05) is 0 Å². The van der Waals surface area contributed by atoms with Crippen molar-refractivity contribution in [3.8, 4) is 11.5 Å². The van der Waals surface area contributed by atoms with Crippen LogP contribution in [0.3, 0.4) is 0 Å². The lowest BCUT2D eigenvalue weighted by Crippen LogP contribution is -2.35. The van der Waals surface area contributed by atoms with Gasteiger partial charge in [0.15, 0.2) is 0 Å². The third kappa shape index (κ3) is 4.16. The maximum absolute atomic E-state index is 12.7. The van der Waals surface area contributed by atoms with Crippen LogP contribution in [0.1, 0.15) is 19.3 Å². The lowest BCUT2D eigenvalue weighted by molar-refractivity contribution is -0.119. The van der Waals surface area contributed by atoms with Gasteiger partial charge in [0.25, 0.3) is 10.0 Å². The minimum atomic E-state index is -3.84. The van der Waals surface area contributed by atoms with E-state index in [0.717, 1.165) is 18.5 Å². The summed E-state index contributed by atoms with van der Waals surface area (Å²) in [4.78, 5) is 13.8. The third-order valence-corrected chi connectivity index (χ3v) is 5.84. The summed E-state index contributed by atoms with van der Waals surface area (Å²) in [5.41, 5.74) is 1.17. The van der Waals surface area contributed by atoms with Crippen LogP contribution in [0.15, 0.2) is 47.4 Å². The number of anilines is 2. The summed E-state index contributed by atoms with van der Waals surface area (Å²) in [5.74, 6) is 0.788. The Kier molecular flexibility index (Phi) is 5.55. The molecule has 2 aromatic rings. The van der Waals surface area contributed by atoms with Crippen LogP contribution in [-0.4, -0.2) is 35.1 Å². The van der Waals surface area contributed by atoms with Crippen LogP contribution in [0.25, 0.3) is 0 Å². The van der Waals surface area contributed by atoms with E-state index in [9.17, 15) is 13.2 Å². The number of rotatable bonds is 6. The summed E-state index contributed by atoms with van der Waals surface area (Å²) in [7, 11) is -0.944. The van der Waals surface area contributed by atoms with Gasteiger partial charge in [0.05, 0.1) is 14.2 Å². The van der Waals surface area contributed by atoms with Gasteiger partial charge in [-0.15, -0.1) is 0 Å². The Bertz CT molecular complexity index is 926. The van der Waals surface area contributed by atoms with E-state index in [1.807, 2.05) is 0 Å². The fourth-order valence-corrected chi connectivity index (χ4v) is 4.21. The number of nitrogens with zero attached hydrogens (tertiary/aromatic N) is 1. The van der Waals surface area contributed by atoms with Crippen molar-refractivity contribution in [2.45, 2.75) is 24.2 Å². The topological polar surface area (TPSA) is 84.9 Å². The van der Waals surface area contributed by atoms with E-state index in [4.69, 9.17) is 9.47 Å². The molecule has 144 valence electrons. The first-order chi connectivity index (χ1) is 12.9. The number of piperidine rings is 1. The quantitative estimate of drug-likeness (QED) is 0.820. The largest absolute Gasteiger partial charge is 0.497 e. The van der Waals surface area contributed by atoms with Gasteiger partial charge in [0.2, 0.25) is 5.91 Å². The van der Waals surface area contributed by atoms with Crippen molar-refractivity contribution in [1.82, 2.24) is 0 Å². The smallest absolute Gasteiger partial charge is 0.265 e. The second-order valence-corrected chi connectivity index (χ2v) is 7.82. The Balaban J connectivity index is 1.81. The van der Waals surface area contributed by atoms with Crippen LogP contribution < -0.4 is 19.1 Å². The van der Waals surface area contributed by atoms with E-state index in [-0.39, 0.29) is 16.6 Å². The number of benzene rings is 2. The first-order valence-corrected chi connectivity index (χ1v) is 10.1. The van der Waals surface area contributed by atoms with Gasteiger partial charge in [0, 0.05) is 30.4 Å². The monoisotopic (exact) mass is 390 g/mol. The highest BCUT2D eigenvalue weighted by Crippen LogP contribution is 2.30.